The molecule has 0 radical (unpaired) electrons. The molecule has 3 nitrogen and oxygen atoms in total. The molecule has 5 atom stereocenters. The second-order valence-electron chi connectivity index (χ2n) is 7.15. The maximum Gasteiger partial charge on any atom is 0.150 e. The van der Waals surface area contributed by atoms with Crippen LogP contribution in [0.5, 0.6) is 0 Å². The molecular weight excluding hydrogens is 258 g/mol. The molecule has 0 aromatic heterocycles. The van der Waals surface area contributed by atoms with Gasteiger partial charge in [0.05, 0.1) is 11.5 Å². The molecule has 4 heteroatoms. The van der Waals surface area contributed by atoms with E-state index in [0.717, 1.165) is 30.7 Å². The van der Waals surface area contributed by atoms with Crippen molar-refractivity contribution in [1.82, 2.24) is 5.32 Å². The van der Waals surface area contributed by atoms with Gasteiger partial charge in [0.15, 0.2) is 9.84 Å². The van der Waals surface area contributed by atoms with E-state index >= 15 is 0 Å². The van der Waals surface area contributed by atoms with Gasteiger partial charge in [-0.1, -0.05) is 6.42 Å². The van der Waals surface area contributed by atoms with E-state index in [1.165, 1.54) is 32.1 Å². The third-order valence-electron chi connectivity index (χ3n) is 5.89. The monoisotopic (exact) mass is 285 g/mol. The smallest absolute Gasteiger partial charge is 0.150 e. The Balaban J connectivity index is 1.61. The molecular formula is C15H27NO2S. The van der Waals surface area contributed by atoms with E-state index in [1.54, 1.807) is 0 Å². The summed E-state index contributed by atoms with van der Waals surface area (Å²) < 4.78 is 23.4. The van der Waals surface area contributed by atoms with Crippen molar-refractivity contribution in [2.45, 2.75) is 38.5 Å². The van der Waals surface area contributed by atoms with Crippen molar-refractivity contribution < 1.29 is 8.42 Å². The Kier molecular flexibility index (Phi) is 3.91. The molecule has 3 fully saturated rings. The lowest BCUT2D eigenvalue weighted by atomic mass is 9.77. The van der Waals surface area contributed by atoms with Crippen LogP contribution in [0.1, 0.15) is 38.5 Å². The van der Waals surface area contributed by atoms with Crippen molar-refractivity contribution in [2.24, 2.45) is 29.6 Å². The van der Waals surface area contributed by atoms with Gasteiger partial charge in [-0.15, -0.1) is 0 Å². The average molecular weight is 285 g/mol. The first-order valence-corrected chi connectivity index (χ1v) is 9.74. The molecule has 2 aliphatic carbocycles. The van der Waals surface area contributed by atoms with Crippen LogP contribution in [-0.4, -0.2) is 33.5 Å². The lowest BCUT2D eigenvalue weighted by Gasteiger charge is -2.29. The van der Waals surface area contributed by atoms with E-state index in [4.69, 9.17) is 0 Å². The third-order valence-corrected chi connectivity index (χ3v) is 7.68. The van der Waals surface area contributed by atoms with Gasteiger partial charge in [0, 0.05) is 0 Å². The summed E-state index contributed by atoms with van der Waals surface area (Å²) in [6.45, 7) is 0.994. The van der Waals surface area contributed by atoms with E-state index in [0.29, 0.717) is 23.3 Å². The van der Waals surface area contributed by atoms with Gasteiger partial charge in [-0.25, -0.2) is 8.42 Å². The zero-order valence-corrected chi connectivity index (χ0v) is 12.8. The Morgan fingerprint density at radius 1 is 1.21 bits per heavy atom. The van der Waals surface area contributed by atoms with Gasteiger partial charge >= 0.3 is 0 Å². The van der Waals surface area contributed by atoms with Gasteiger partial charge in [0.2, 0.25) is 0 Å². The molecule has 2 saturated carbocycles. The second-order valence-corrected chi connectivity index (χ2v) is 9.38. The molecule has 1 aliphatic heterocycles. The molecule has 0 aromatic carbocycles. The number of rotatable bonds is 5. The first kappa shape index (κ1) is 13.9. The lowest BCUT2D eigenvalue weighted by molar-refractivity contribution is 0.224. The van der Waals surface area contributed by atoms with Crippen LogP contribution >= 0.6 is 0 Å². The fourth-order valence-electron chi connectivity index (χ4n) is 4.95. The summed E-state index contributed by atoms with van der Waals surface area (Å²) in [5.74, 6) is 4.71. The Labute approximate surface area is 117 Å². The highest BCUT2D eigenvalue weighted by atomic mass is 32.2. The maximum absolute atomic E-state index is 11.7. The van der Waals surface area contributed by atoms with Gasteiger partial charge in [-0.3, -0.25) is 0 Å². The Morgan fingerprint density at radius 3 is 2.58 bits per heavy atom. The number of sulfone groups is 1. The zero-order valence-electron chi connectivity index (χ0n) is 12.0. The van der Waals surface area contributed by atoms with E-state index < -0.39 is 9.84 Å². The average Bonchev–Trinajstić information content (AvgIpc) is 3.03. The predicted octanol–water partition coefficient (Wildman–Crippen LogP) is 2.08. The van der Waals surface area contributed by atoms with Crippen LogP contribution < -0.4 is 5.32 Å². The third kappa shape index (κ3) is 2.99. The first-order valence-electron chi connectivity index (χ1n) is 7.92. The normalized spacial score (nSPS) is 41.7. The number of hydrogen-bond acceptors (Lipinski definition) is 3. The fourth-order valence-corrected chi connectivity index (χ4v) is 6.87. The Hall–Kier alpha value is -0.0900. The van der Waals surface area contributed by atoms with Crippen LogP contribution in [0.2, 0.25) is 0 Å². The Morgan fingerprint density at radius 2 is 2.05 bits per heavy atom. The summed E-state index contributed by atoms with van der Waals surface area (Å²) >= 11 is 0. The molecule has 0 amide bonds. The van der Waals surface area contributed by atoms with Crippen LogP contribution in [0.3, 0.4) is 0 Å². The molecule has 3 rings (SSSR count). The molecule has 5 unspecified atom stereocenters. The van der Waals surface area contributed by atoms with Crippen molar-refractivity contribution in [2.75, 3.05) is 25.1 Å². The Bertz CT molecular complexity index is 420. The van der Waals surface area contributed by atoms with Crippen molar-refractivity contribution in [3.8, 4) is 0 Å². The van der Waals surface area contributed by atoms with Crippen LogP contribution in [0, 0.1) is 29.6 Å². The molecule has 1 N–H and O–H groups in total. The van der Waals surface area contributed by atoms with E-state index in [-0.39, 0.29) is 0 Å². The minimum atomic E-state index is -2.73. The second kappa shape index (κ2) is 5.36. The summed E-state index contributed by atoms with van der Waals surface area (Å²) in [5, 5.41) is 3.30. The summed E-state index contributed by atoms with van der Waals surface area (Å²) in [6.07, 6.45) is 7.93. The van der Waals surface area contributed by atoms with Gasteiger partial charge in [-0.05, 0) is 75.3 Å². The number of hydrogen-bond donors (Lipinski definition) is 1. The molecule has 0 spiro atoms. The highest BCUT2D eigenvalue weighted by molar-refractivity contribution is 7.91. The molecule has 3 aliphatic rings. The largest absolute Gasteiger partial charge is 0.319 e. The molecule has 1 heterocycles. The quantitative estimate of drug-likeness (QED) is 0.841. The summed E-state index contributed by atoms with van der Waals surface area (Å²) in [5.41, 5.74) is 0. The molecule has 2 bridgehead atoms. The first-order chi connectivity index (χ1) is 9.07. The van der Waals surface area contributed by atoms with E-state index in [1.807, 2.05) is 7.05 Å². The number of nitrogens with one attached hydrogen (secondary N) is 1. The van der Waals surface area contributed by atoms with Crippen molar-refractivity contribution in [3.05, 3.63) is 0 Å². The highest BCUT2D eigenvalue weighted by Gasteiger charge is 2.42. The van der Waals surface area contributed by atoms with Crippen molar-refractivity contribution >= 4 is 9.84 Å². The summed E-state index contributed by atoms with van der Waals surface area (Å²) in [6, 6.07) is 0. The fraction of sp³-hybridized carbons (Fsp3) is 1.00. The zero-order chi connectivity index (χ0) is 13.5. The maximum atomic E-state index is 11.7. The summed E-state index contributed by atoms with van der Waals surface area (Å²) in [7, 11) is -0.733. The standard InChI is InChI=1S/C15H27NO2S/c1-16-9-15(13-4-5-19(17,18)10-13)8-14-7-11-2-3-12(14)6-11/h11-16H,2-10H2,1H3. The van der Waals surface area contributed by atoms with Crippen LogP contribution in [0.15, 0.2) is 0 Å². The predicted molar refractivity (Wildman–Crippen MR) is 77.7 cm³/mol. The van der Waals surface area contributed by atoms with Gasteiger partial charge < -0.3 is 5.32 Å². The van der Waals surface area contributed by atoms with Crippen LogP contribution in [-0.2, 0) is 9.84 Å². The van der Waals surface area contributed by atoms with Crippen molar-refractivity contribution in [3.63, 3.8) is 0 Å². The minimum absolute atomic E-state index is 0.413. The van der Waals surface area contributed by atoms with Gasteiger partial charge in [-0.2, -0.15) is 0 Å². The highest BCUT2D eigenvalue weighted by Crippen LogP contribution is 2.51. The van der Waals surface area contributed by atoms with Crippen molar-refractivity contribution in [1.29, 1.82) is 0 Å². The molecule has 0 aromatic rings. The lowest BCUT2D eigenvalue weighted by Crippen LogP contribution is -2.30. The van der Waals surface area contributed by atoms with Crippen LogP contribution in [0.25, 0.3) is 0 Å². The van der Waals surface area contributed by atoms with E-state index in [2.05, 4.69) is 5.32 Å². The van der Waals surface area contributed by atoms with Gasteiger partial charge in [0.25, 0.3) is 0 Å². The molecule has 1 saturated heterocycles. The van der Waals surface area contributed by atoms with Gasteiger partial charge in [0.1, 0.15) is 0 Å². The minimum Gasteiger partial charge on any atom is -0.319 e. The molecule has 19 heavy (non-hydrogen) atoms. The summed E-state index contributed by atoms with van der Waals surface area (Å²) in [4.78, 5) is 0. The van der Waals surface area contributed by atoms with Crippen LogP contribution in [0.4, 0.5) is 0 Å². The topological polar surface area (TPSA) is 46.2 Å². The number of fused-ring (bicyclic) bond motifs is 2. The SMILES string of the molecule is CNCC(CC1CC2CCC1C2)C1CCS(=O)(=O)C1. The molecule has 110 valence electrons. The van der Waals surface area contributed by atoms with E-state index in [9.17, 15) is 8.42 Å².